The Morgan fingerprint density at radius 1 is 1.29 bits per heavy atom. The zero-order valence-corrected chi connectivity index (χ0v) is 7.76. The second-order valence-electron chi connectivity index (χ2n) is 4.13. The van der Waals surface area contributed by atoms with Crippen molar-refractivity contribution >= 4 is 0 Å². The highest BCUT2D eigenvalue weighted by Crippen LogP contribution is 2.59. The monoisotopic (exact) mass is 196 g/mol. The molecule has 2 aliphatic rings. The van der Waals surface area contributed by atoms with Crippen molar-refractivity contribution in [2.24, 2.45) is 11.8 Å². The molecule has 3 rings (SSSR count). The van der Waals surface area contributed by atoms with E-state index in [0.29, 0.717) is 24.0 Å². The molecule has 1 aromatic rings. The fourth-order valence-electron chi connectivity index (χ4n) is 2.46. The highest BCUT2D eigenvalue weighted by atomic mass is 19.1. The van der Waals surface area contributed by atoms with Gasteiger partial charge in [-0.15, -0.1) is 0 Å². The third-order valence-corrected chi connectivity index (χ3v) is 3.41. The van der Waals surface area contributed by atoms with Crippen LogP contribution >= 0.6 is 0 Å². The highest BCUT2D eigenvalue weighted by molar-refractivity contribution is 5.45. The number of halogens is 2. The van der Waals surface area contributed by atoms with Crippen molar-refractivity contribution in [3.63, 3.8) is 0 Å². The molecule has 1 heterocycles. The van der Waals surface area contributed by atoms with Gasteiger partial charge in [0.15, 0.2) is 11.6 Å². The summed E-state index contributed by atoms with van der Waals surface area (Å²) < 4.78 is 32.0. The molecule has 1 nitrogen and oxygen atoms in total. The molecule has 0 unspecified atom stereocenters. The van der Waals surface area contributed by atoms with Crippen LogP contribution < -0.4 is 4.74 Å². The summed E-state index contributed by atoms with van der Waals surface area (Å²) in [6.07, 6.45) is 0. The van der Waals surface area contributed by atoms with Gasteiger partial charge in [0.05, 0.1) is 6.61 Å². The molecule has 0 spiro atoms. The fourth-order valence-corrected chi connectivity index (χ4v) is 2.46. The van der Waals surface area contributed by atoms with Gasteiger partial charge in [0.2, 0.25) is 0 Å². The van der Waals surface area contributed by atoms with Gasteiger partial charge in [0.1, 0.15) is 5.82 Å². The molecule has 0 saturated heterocycles. The summed E-state index contributed by atoms with van der Waals surface area (Å²) in [5, 5.41) is 0. The lowest BCUT2D eigenvalue weighted by Crippen LogP contribution is -2.11. The second kappa shape index (κ2) is 2.47. The first-order chi connectivity index (χ1) is 6.70. The van der Waals surface area contributed by atoms with Gasteiger partial charge in [-0.3, -0.25) is 0 Å². The molecule has 1 fully saturated rings. The minimum Gasteiger partial charge on any atom is -0.490 e. The summed E-state index contributed by atoms with van der Waals surface area (Å²) in [4.78, 5) is 0. The molecule has 1 saturated carbocycles. The first-order valence-corrected chi connectivity index (χ1v) is 4.81. The molecule has 0 N–H and O–H groups in total. The van der Waals surface area contributed by atoms with Crippen molar-refractivity contribution < 1.29 is 13.5 Å². The van der Waals surface area contributed by atoms with E-state index in [4.69, 9.17) is 4.74 Å². The number of fused-ring (bicyclic) bond motifs is 3. The Labute approximate surface area is 80.7 Å². The van der Waals surface area contributed by atoms with Crippen LogP contribution in [0.3, 0.4) is 0 Å². The molecule has 1 aliphatic heterocycles. The third-order valence-electron chi connectivity index (χ3n) is 3.41. The van der Waals surface area contributed by atoms with E-state index < -0.39 is 5.82 Å². The lowest BCUT2D eigenvalue weighted by atomic mass is 10.0. The maximum atomic E-state index is 13.5. The summed E-state index contributed by atoms with van der Waals surface area (Å²) in [5.41, 5.74) is 0.453. The van der Waals surface area contributed by atoms with Crippen molar-refractivity contribution in [2.75, 3.05) is 6.61 Å². The van der Waals surface area contributed by atoms with Crippen molar-refractivity contribution in [3.05, 3.63) is 29.3 Å². The van der Waals surface area contributed by atoms with Crippen molar-refractivity contribution in [1.29, 1.82) is 0 Å². The highest BCUT2D eigenvalue weighted by Gasteiger charge is 2.53. The zero-order valence-electron chi connectivity index (χ0n) is 7.76. The standard InChI is InChI=1S/C11H10F2O/c1-5-6-4-14-11-8(13)3-2-7(12)10(11)9(5)6/h2-3,5-6,9H,4H2,1H3/t5-,6+,9-/m1/s1. The number of benzene rings is 1. The van der Waals surface area contributed by atoms with Crippen LogP contribution in [0.4, 0.5) is 8.78 Å². The Kier molecular flexibility index (Phi) is 1.45. The molecule has 14 heavy (non-hydrogen) atoms. The van der Waals surface area contributed by atoms with Gasteiger partial charge in [0.25, 0.3) is 0 Å². The first-order valence-electron chi connectivity index (χ1n) is 4.81. The van der Waals surface area contributed by atoms with Crippen LogP contribution in [0, 0.1) is 23.5 Å². The smallest absolute Gasteiger partial charge is 0.165 e. The molecule has 1 aliphatic carbocycles. The largest absolute Gasteiger partial charge is 0.490 e. The molecule has 74 valence electrons. The topological polar surface area (TPSA) is 9.23 Å². The Morgan fingerprint density at radius 2 is 2.00 bits per heavy atom. The number of ether oxygens (including phenoxy) is 1. The van der Waals surface area contributed by atoms with E-state index in [-0.39, 0.29) is 17.5 Å². The van der Waals surface area contributed by atoms with Crippen LogP contribution in [0.1, 0.15) is 18.4 Å². The van der Waals surface area contributed by atoms with E-state index in [0.717, 1.165) is 6.07 Å². The summed E-state index contributed by atoms with van der Waals surface area (Å²) in [7, 11) is 0. The van der Waals surface area contributed by atoms with Crippen molar-refractivity contribution in [3.8, 4) is 5.75 Å². The van der Waals surface area contributed by atoms with E-state index in [9.17, 15) is 8.78 Å². The van der Waals surface area contributed by atoms with Gasteiger partial charge < -0.3 is 4.74 Å². The van der Waals surface area contributed by atoms with Crippen LogP contribution in [0.25, 0.3) is 0 Å². The van der Waals surface area contributed by atoms with Crippen LogP contribution in [-0.4, -0.2) is 6.61 Å². The average Bonchev–Trinajstić information content (AvgIpc) is 2.84. The van der Waals surface area contributed by atoms with Crippen LogP contribution in [0.15, 0.2) is 12.1 Å². The summed E-state index contributed by atoms with van der Waals surface area (Å²) in [6, 6.07) is 2.31. The molecule has 0 aromatic heterocycles. The maximum absolute atomic E-state index is 13.5. The first kappa shape index (κ1) is 8.21. The number of rotatable bonds is 0. The quantitative estimate of drug-likeness (QED) is 0.620. The molecule has 3 atom stereocenters. The lowest BCUT2D eigenvalue weighted by molar-refractivity contribution is 0.258. The summed E-state index contributed by atoms with van der Waals surface area (Å²) >= 11 is 0. The van der Waals surface area contributed by atoms with Crippen molar-refractivity contribution in [1.82, 2.24) is 0 Å². The fraction of sp³-hybridized carbons (Fsp3) is 0.455. The average molecular weight is 196 g/mol. The maximum Gasteiger partial charge on any atom is 0.165 e. The predicted octanol–water partition coefficient (Wildman–Crippen LogP) is 2.71. The van der Waals surface area contributed by atoms with Gasteiger partial charge >= 0.3 is 0 Å². The molecular weight excluding hydrogens is 186 g/mol. The Bertz CT molecular complexity index is 403. The Morgan fingerprint density at radius 3 is 2.79 bits per heavy atom. The molecule has 3 heteroatoms. The van der Waals surface area contributed by atoms with Crippen molar-refractivity contribution in [2.45, 2.75) is 12.8 Å². The van der Waals surface area contributed by atoms with Gasteiger partial charge in [-0.1, -0.05) is 6.92 Å². The number of hydrogen-bond donors (Lipinski definition) is 0. The van der Waals surface area contributed by atoms with Crippen LogP contribution in [-0.2, 0) is 0 Å². The summed E-state index contributed by atoms with van der Waals surface area (Å²) in [5.74, 6) is 0.343. The minimum atomic E-state index is -0.445. The normalized spacial score (nSPS) is 32.9. The molecule has 0 bridgehead atoms. The van der Waals surface area contributed by atoms with Gasteiger partial charge in [-0.2, -0.15) is 0 Å². The van der Waals surface area contributed by atoms with Gasteiger partial charge in [-0.05, 0) is 24.0 Å². The molecule has 0 amide bonds. The Hall–Kier alpha value is -1.12. The minimum absolute atomic E-state index is 0.135. The van der Waals surface area contributed by atoms with Crippen LogP contribution in [0.5, 0.6) is 5.75 Å². The SMILES string of the molecule is C[C@@H]1[C@@H]2COc3c(F)ccc(F)c3[C@H]12. The second-order valence-corrected chi connectivity index (χ2v) is 4.13. The van der Waals surface area contributed by atoms with E-state index in [2.05, 4.69) is 6.92 Å². The molecular formula is C11H10F2O. The Balaban J connectivity index is 2.19. The molecule has 0 radical (unpaired) electrons. The molecule has 1 aromatic carbocycles. The van der Waals surface area contributed by atoms with E-state index in [1.54, 1.807) is 0 Å². The van der Waals surface area contributed by atoms with E-state index in [1.807, 2.05) is 0 Å². The number of hydrogen-bond acceptors (Lipinski definition) is 1. The zero-order chi connectivity index (χ0) is 9.87. The van der Waals surface area contributed by atoms with Gasteiger partial charge in [0, 0.05) is 11.5 Å². The van der Waals surface area contributed by atoms with Gasteiger partial charge in [-0.25, -0.2) is 8.78 Å². The van der Waals surface area contributed by atoms with E-state index >= 15 is 0 Å². The lowest BCUT2D eigenvalue weighted by Gasteiger charge is -2.17. The predicted molar refractivity (Wildman–Crippen MR) is 47.2 cm³/mol. The third kappa shape index (κ3) is 0.873. The summed E-state index contributed by atoms with van der Waals surface area (Å²) in [6.45, 7) is 2.58. The van der Waals surface area contributed by atoms with E-state index in [1.165, 1.54) is 6.07 Å². The van der Waals surface area contributed by atoms with Crippen LogP contribution in [0.2, 0.25) is 0 Å².